The van der Waals surface area contributed by atoms with Crippen LogP contribution in [0.25, 0.3) is 0 Å². The zero-order valence-electron chi connectivity index (χ0n) is 11.6. The third kappa shape index (κ3) is 4.13. The van der Waals surface area contributed by atoms with Crippen LogP contribution >= 0.6 is 0 Å². The topological polar surface area (TPSA) is 26.0 Å². The van der Waals surface area contributed by atoms with Crippen LogP contribution in [0.2, 0.25) is 0 Å². The predicted molar refractivity (Wildman–Crippen MR) is 78.5 cm³/mol. The summed E-state index contributed by atoms with van der Waals surface area (Å²) in [4.78, 5) is 0. The molecule has 1 atom stereocenters. The van der Waals surface area contributed by atoms with Crippen LogP contribution in [-0.2, 0) is 6.42 Å². The average Bonchev–Trinajstić information content (AvgIpc) is 2.40. The first-order chi connectivity index (χ1) is 8.75. The van der Waals surface area contributed by atoms with E-state index < -0.39 is 0 Å². The predicted octanol–water partition coefficient (Wildman–Crippen LogP) is 4.16. The summed E-state index contributed by atoms with van der Waals surface area (Å²) >= 11 is 0. The Kier molecular flexibility index (Phi) is 5.25. The molecule has 0 radical (unpaired) electrons. The highest BCUT2D eigenvalue weighted by molar-refractivity contribution is 5.14. The van der Waals surface area contributed by atoms with Gasteiger partial charge >= 0.3 is 0 Å². The van der Waals surface area contributed by atoms with Gasteiger partial charge < -0.3 is 5.73 Å². The van der Waals surface area contributed by atoms with Gasteiger partial charge in [-0.15, -0.1) is 0 Å². The zero-order chi connectivity index (χ0) is 12.8. The first kappa shape index (κ1) is 13.6. The van der Waals surface area contributed by atoms with Crippen LogP contribution in [0.5, 0.6) is 0 Å². The van der Waals surface area contributed by atoms with Crippen LogP contribution < -0.4 is 5.73 Å². The molecular formula is C17H27N. The summed E-state index contributed by atoms with van der Waals surface area (Å²) in [5.41, 5.74) is 7.80. The van der Waals surface area contributed by atoms with Gasteiger partial charge in [0.2, 0.25) is 0 Å². The van der Waals surface area contributed by atoms with Crippen molar-refractivity contribution in [3.63, 3.8) is 0 Å². The van der Waals surface area contributed by atoms with E-state index in [9.17, 15) is 0 Å². The van der Waals surface area contributed by atoms with Crippen molar-refractivity contribution in [3.05, 3.63) is 35.9 Å². The number of hydrogen-bond donors (Lipinski definition) is 1. The van der Waals surface area contributed by atoms with Crippen LogP contribution in [0, 0.1) is 11.8 Å². The Balaban J connectivity index is 1.67. The molecule has 0 aliphatic heterocycles. The molecule has 100 valence electrons. The smallest absolute Gasteiger partial charge is 0.00672 e. The van der Waals surface area contributed by atoms with Gasteiger partial charge in [-0.25, -0.2) is 0 Å². The van der Waals surface area contributed by atoms with E-state index in [1.165, 1.54) is 50.5 Å². The van der Waals surface area contributed by atoms with Gasteiger partial charge in [0.15, 0.2) is 0 Å². The van der Waals surface area contributed by atoms with Crippen molar-refractivity contribution < 1.29 is 0 Å². The first-order valence-corrected chi connectivity index (χ1v) is 7.55. The van der Waals surface area contributed by atoms with E-state index in [1.807, 2.05) is 0 Å². The van der Waals surface area contributed by atoms with Crippen LogP contribution in [0.1, 0.15) is 51.0 Å². The molecule has 0 heterocycles. The van der Waals surface area contributed by atoms with Gasteiger partial charge in [0.25, 0.3) is 0 Å². The van der Waals surface area contributed by atoms with Gasteiger partial charge in [-0.2, -0.15) is 0 Å². The van der Waals surface area contributed by atoms with Crippen molar-refractivity contribution in [2.24, 2.45) is 17.6 Å². The van der Waals surface area contributed by atoms with Crippen molar-refractivity contribution in [3.8, 4) is 0 Å². The number of benzene rings is 1. The van der Waals surface area contributed by atoms with E-state index in [0.29, 0.717) is 6.04 Å². The largest absolute Gasteiger partial charge is 0.327 e. The van der Waals surface area contributed by atoms with Crippen LogP contribution in [0.15, 0.2) is 30.3 Å². The fourth-order valence-electron chi connectivity index (χ4n) is 3.14. The lowest BCUT2D eigenvalue weighted by Crippen LogP contribution is -2.32. The molecule has 0 spiro atoms. The molecule has 2 N–H and O–H groups in total. The molecule has 0 bridgehead atoms. The molecule has 1 unspecified atom stereocenters. The van der Waals surface area contributed by atoms with Crippen molar-refractivity contribution in [2.45, 2.75) is 57.9 Å². The molecule has 1 aromatic carbocycles. The third-order valence-electron chi connectivity index (χ3n) is 4.51. The van der Waals surface area contributed by atoms with Gasteiger partial charge in [-0.3, -0.25) is 0 Å². The van der Waals surface area contributed by atoms with Gasteiger partial charge in [-0.05, 0) is 49.5 Å². The Morgan fingerprint density at radius 3 is 2.44 bits per heavy atom. The minimum Gasteiger partial charge on any atom is -0.327 e. The molecular weight excluding hydrogens is 218 g/mol. The quantitative estimate of drug-likeness (QED) is 0.828. The summed E-state index contributed by atoms with van der Waals surface area (Å²) in [5, 5.41) is 0. The molecule has 0 aromatic heterocycles. The third-order valence-corrected chi connectivity index (χ3v) is 4.51. The SMILES string of the molecule is CC1CCC(C(N)CCCc2ccccc2)CC1. The maximum atomic E-state index is 6.36. The Bertz CT molecular complexity index is 325. The lowest BCUT2D eigenvalue weighted by Gasteiger charge is -2.30. The highest BCUT2D eigenvalue weighted by atomic mass is 14.6. The first-order valence-electron chi connectivity index (χ1n) is 7.55. The molecule has 0 saturated heterocycles. The molecule has 1 fully saturated rings. The Morgan fingerprint density at radius 1 is 1.11 bits per heavy atom. The van der Waals surface area contributed by atoms with Crippen LogP contribution in [0.3, 0.4) is 0 Å². The summed E-state index contributed by atoms with van der Waals surface area (Å²) < 4.78 is 0. The van der Waals surface area contributed by atoms with E-state index in [0.717, 1.165) is 11.8 Å². The highest BCUT2D eigenvalue weighted by Gasteiger charge is 2.23. The second-order valence-corrected chi connectivity index (χ2v) is 6.06. The lowest BCUT2D eigenvalue weighted by molar-refractivity contribution is 0.246. The van der Waals surface area contributed by atoms with Crippen molar-refractivity contribution in [2.75, 3.05) is 0 Å². The summed E-state index contributed by atoms with van der Waals surface area (Å²) in [6.07, 6.45) is 9.08. The van der Waals surface area contributed by atoms with Crippen molar-refractivity contribution in [1.82, 2.24) is 0 Å². The fraction of sp³-hybridized carbons (Fsp3) is 0.647. The van der Waals surface area contributed by atoms with Crippen molar-refractivity contribution >= 4 is 0 Å². The minimum atomic E-state index is 0.432. The van der Waals surface area contributed by atoms with E-state index in [1.54, 1.807) is 0 Å². The van der Waals surface area contributed by atoms with Crippen LogP contribution in [-0.4, -0.2) is 6.04 Å². The molecule has 0 amide bonds. The molecule has 1 nitrogen and oxygen atoms in total. The lowest BCUT2D eigenvalue weighted by atomic mass is 9.78. The summed E-state index contributed by atoms with van der Waals surface area (Å²) in [5.74, 6) is 1.72. The average molecular weight is 245 g/mol. The number of rotatable bonds is 5. The molecule has 1 saturated carbocycles. The summed E-state index contributed by atoms with van der Waals surface area (Å²) in [6, 6.07) is 11.2. The Morgan fingerprint density at radius 2 is 1.78 bits per heavy atom. The van der Waals surface area contributed by atoms with Crippen LogP contribution in [0.4, 0.5) is 0 Å². The van der Waals surface area contributed by atoms with Gasteiger partial charge in [0, 0.05) is 6.04 Å². The van der Waals surface area contributed by atoms with Gasteiger partial charge in [0.1, 0.15) is 0 Å². The molecule has 2 rings (SSSR count). The minimum absolute atomic E-state index is 0.432. The summed E-state index contributed by atoms with van der Waals surface area (Å²) in [6.45, 7) is 2.37. The van der Waals surface area contributed by atoms with Gasteiger partial charge in [0.05, 0.1) is 0 Å². The van der Waals surface area contributed by atoms with Crippen molar-refractivity contribution in [1.29, 1.82) is 0 Å². The molecule has 1 aliphatic rings. The van der Waals surface area contributed by atoms with E-state index in [-0.39, 0.29) is 0 Å². The molecule has 1 aliphatic carbocycles. The van der Waals surface area contributed by atoms with E-state index in [4.69, 9.17) is 5.73 Å². The second kappa shape index (κ2) is 6.94. The zero-order valence-corrected chi connectivity index (χ0v) is 11.6. The summed E-state index contributed by atoms with van der Waals surface area (Å²) in [7, 11) is 0. The Hall–Kier alpha value is -0.820. The normalized spacial score (nSPS) is 25.9. The highest BCUT2D eigenvalue weighted by Crippen LogP contribution is 2.31. The maximum Gasteiger partial charge on any atom is 0.00672 e. The monoisotopic (exact) mass is 245 g/mol. The Labute approximate surface area is 112 Å². The van der Waals surface area contributed by atoms with E-state index >= 15 is 0 Å². The second-order valence-electron chi connectivity index (χ2n) is 6.06. The van der Waals surface area contributed by atoms with Gasteiger partial charge in [-0.1, -0.05) is 50.1 Å². The molecule has 1 heteroatoms. The maximum absolute atomic E-state index is 6.36. The number of aryl methyl sites for hydroxylation is 1. The number of hydrogen-bond acceptors (Lipinski definition) is 1. The fourth-order valence-corrected chi connectivity index (χ4v) is 3.14. The molecule has 18 heavy (non-hydrogen) atoms. The molecule has 1 aromatic rings. The number of nitrogens with two attached hydrogens (primary N) is 1. The van der Waals surface area contributed by atoms with E-state index in [2.05, 4.69) is 37.3 Å². The standard InChI is InChI=1S/C17H27N/c1-14-10-12-16(13-11-14)17(18)9-5-8-15-6-3-2-4-7-15/h2-4,6-7,14,16-17H,5,8-13,18H2,1H3.